The van der Waals surface area contributed by atoms with E-state index in [1.807, 2.05) is 34.9 Å². The van der Waals surface area contributed by atoms with Gasteiger partial charge in [0.05, 0.1) is 22.6 Å². The molecule has 0 amide bonds. The van der Waals surface area contributed by atoms with Crippen LogP contribution in [0.5, 0.6) is 0 Å². The van der Waals surface area contributed by atoms with Crippen LogP contribution in [0.25, 0.3) is 16.7 Å². The molecule has 0 fully saturated rings. The lowest BCUT2D eigenvalue weighted by Gasteiger charge is -2.10. The van der Waals surface area contributed by atoms with Gasteiger partial charge >= 0.3 is 0 Å². The minimum atomic E-state index is 0.262. The van der Waals surface area contributed by atoms with Crippen molar-refractivity contribution in [2.45, 2.75) is 5.88 Å². The highest BCUT2D eigenvalue weighted by molar-refractivity contribution is 9.11. The third-order valence-electron chi connectivity index (χ3n) is 3.14. The number of nitrogens with zero attached hydrogens (tertiary/aromatic N) is 3. The van der Waals surface area contributed by atoms with Gasteiger partial charge in [-0.25, -0.2) is 4.98 Å². The molecule has 1 aromatic heterocycles. The number of imidazole rings is 1. The number of benzene rings is 2. The molecular weight excluding hydrogens is 417 g/mol. The first kappa shape index (κ1) is 14.6. The van der Waals surface area contributed by atoms with Crippen LogP contribution in [0.3, 0.4) is 0 Å². The Kier molecular flexibility index (Phi) is 4.03. The van der Waals surface area contributed by atoms with Gasteiger partial charge in [0.25, 0.3) is 0 Å². The molecule has 0 radical (unpaired) electrons. The lowest BCUT2D eigenvalue weighted by atomic mass is 10.2. The van der Waals surface area contributed by atoms with Crippen LogP contribution < -0.4 is 0 Å². The molecule has 0 aliphatic heterocycles. The van der Waals surface area contributed by atoms with Crippen LogP contribution in [0.1, 0.15) is 11.4 Å². The van der Waals surface area contributed by atoms with Crippen LogP contribution in [0, 0.1) is 11.3 Å². The van der Waals surface area contributed by atoms with E-state index >= 15 is 0 Å². The normalized spacial score (nSPS) is 10.8. The molecule has 2 aromatic carbocycles. The Labute approximate surface area is 143 Å². The smallest absolute Gasteiger partial charge is 0.129 e. The maximum absolute atomic E-state index is 9.23. The molecule has 0 saturated carbocycles. The van der Waals surface area contributed by atoms with E-state index < -0.39 is 0 Å². The highest BCUT2D eigenvalue weighted by atomic mass is 79.9. The van der Waals surface area contributed by atoms with Crippen LogP contribution >= 0.6 is 43.5 Å². The second kappa shape index (κ2) is 5.80. The number of nitriles is 1. The summed E-state index contributed by atoms with van der Waals surface area (Å²) in [6.07, 6.45) is 0. The van der Waals surface area contributed by atoms with Crippen molar-refractivity contribution in [2.24, 2.45) is 0 Å². The van der Waals surface area contributed by atoms with E-state index in [1.165, 1.54) is 0 Å². The topological polar surface area (TPSA) is 41.6 Å². The number of alkyl halides is 1. The lowest BCUT2D eigenvalue weighted by Crippen LogP contribution is -2.00. The zero-order valence-electron chi connectivity index (χ0n) is 10.6. The molecule has 0 spiro atoms. The predicted octanol–water partition coefficient (Wildman–Crippen LogP) is 5.16. The molecule has 3 rings (SSSR count). The molecular formula is C15H8Br2ClN3. The number of aromatic nitrogens is 2. The molecule has 0 atom stereocenters. The molecule has 0 bridgehead atoms. The molecule has 3 aromatic rings. The third kappa shape index (κ3) is 2.48. The molecule has 0 aliphatic rings. The van der Waals surface area contributed by atoms with Gasteiger partial charge in [-0.1, -0.05) is 22.0 Å². The van der Waals surface area contributed by atoms with Gasteiger partial charge in [0.2, 0.25) is 0 Å². The van der Waals surface area contributed by atoms with Gasteiger partial charge in [-0.3, -0.25) is 4.57 Å². The summed E-state index contributed by atoms with van der Waals surface area (Å²) in [6.45, 7) is 0. The predicted molar refractivity (Wildman–Crippen MR) is 90.7 cm³/mol. The van der Waals surface area contributed by atoms with Gasteiger partial charge < -0.3 is 0 Å². The van der Waals surface area contributed by atoms with Gasteiger partial charge in [0.1, 0.15) is 17.4 Å². The van der Waals surface area contributed by atoms with Crippen molar-refractivity contribution in [3.63, 3.8) is 0 Å². The monoisotopic (exact) mass is 423 g/mol. The van der Waals surface area contributed by atoms with Gasteiger partial charge in [0, 0.05) is 8.95 Å². The quantitative estimate of drug-likeness (QED) is 0.532. The third-order valence-corrected chi connectivity index (χ3v) is 4.55. The van der Waals surface area contributed by atoms with Crippen molar-refractivity contribution >= 4 is 54.5 Å². The standard InChI is InChI=1S/C15H8Br2ClN3/c16-10-4-5-11(17)13(6-10)21-12-3-1-2-9(8-19)15(12)20-14(21)7-18/h1-6H,7H2. The molecule has 104 valence electrons. The van der Waals surface area contributed by atoms with Crippen LogP contribution in [-0.4, -0.2) is 9.55 Å². The Bertz CT molecular complexity index is 880. The maximum atomic E-state index is 9.23. The Hall–Kier alpha value is -1.35. The van der Waals surface area contributed by atoms with E-state index in [0.29, 0.717) is 16.9 Å². The van der Waals surface area contributed by atoms with Gasteiger partial charge in [-0.2, -0.15) is 5.26 Å². The van der Waals surface area contributed by atoms with Crippen molar-refractivity contribution < 1.29 is 0 Å². The van der Waals surface area contributed by atoms with Gasteiger partial charge in [-0.05, 0) is 46.3 Å². The van der Waals surface area contributed by atoms with Gasteiger partial charge in [0.15, 0.2) is 0 Å². The molecule has 6 heteroatoms. The summed E-state index contributed by atoms with van der Waals surface area (Å²) < 4.78 is 3.86. The number of halogens is 3. The zero-order chi connectivity index (χ0) is 15.0. The van der Waals surface area contributed by atoms with Crippen molar-refractivity contribution in [2.75, 3.05) is 0 Å². The maximum Gasteiger partial charge on any atom is 0.129 e. The van der Waals surface area contributed by atoms with Crippen LogP contribution in [0.15, 0.2) is 45.3 Å². The summed E-state index contributed by atoms with van der Waals surface area (Å²) in [5.74, 6) is 0.964. The first-order valence-electron chi connectivity index (χ1n) is 6.07. The Morgan fingerprint density at radius 3 is 2.76 bits per heavy atom. The summed E-state index contributed by atoms with van der Waals surface area (Å²) in [6, 6.07) is 13.6. The van der Waals surface area contributed by atoms with E-state index in [-0.39, 0.29) is 5.88 Å². The van der Waals surface area contributed by atoms with Crippen LogP contribution in [-0.2, 0) is 5.88 Å². The number of hydrogen-bond donors (Lipinski definition) is 0. The Morgan fingerprint density at radius 2 is 2.05 bits per heavy atom. The SMILES string of the molecule is N#Cc1cccc2c1nc(CCl)n2-c1cc(Br)ccc1Br. The van der Waals surface area contributed by atoms with Crippen molar-refractivity contribution in [1.82, 2.24) is 9.55 Å². The summed E-state index contributed by atoms with van der Waals surface area (Å²) in [5.41, 5.74) is 3.01. The average Bonchev–Trinajstić information content (AvgIpc) is 2.88. The van der Waals surface area contributed by atoms with E-state index in [4.69, 9.17) is 11.6 Å². The summed E-state index contributed by atoms with van der Waals surface area (Å²) in [7, 11) is 0. The van der Waals surface area contributed by atoms with E-state index in [1.54, 1.807) is 6.07 Å². The van der Waals surface area contributed by atoms with Crippen molar-refractivity contribution in [1.29, 1.82) is 5.26 Å². The van der Waals surface area contributed by atoms with E-state index in [0.717, 1.165) is 20.1 Å². The fourth-order valence-corrected chi connectivity index (χ4v) is 3.21. The molecule has 0 aliphatic carbocycles. The average molecular weight is 426 g/mol. The molecule has 0 saturated heterocycles. The fourth-order valence-electron chi connectivity index (χ4n) is 2.25. The van der Waals surface area contributed by atoms with Crippen molar-refractivity contribution in [3.05, 3.63) is 56.7 Å². The Balaban J connectivity index is 2.42. The molecule has 0 N–H and O–H groups in total. The van der Waals surface area contributed by atoms with Crippen LogP contribution in [0.2, 0.25) is 0 Å². The summed E-state index contributed by atoms with van der Waals surface area (Å²) in [4.78, 5) is 4.52. The van der Waals surface area contributed by atoms with E-state index in [2.05, 4.69) is 42.9 Å². The highest BCUT2D eigenvalue weighted by Gasteiger charge is 2.16. The first-order valence-corrected chi connectivity index (χ1v) is 8.19. The highest BCUT2D eigenvalue weighted by Crippen LogP contribution is 2.31. The number of fused-ring (bicyclic) bond motifs is 1. The molecule has 21 heavy (non-hydrogen) atoms. The minimum absolute atomic E-state index is 0.262. The Morgan fingerprint density at radius 1 is 1.24 bits per heavy atom. The first-order chi connectivity index (χ1) is 10.2. The summed E-state index contributed by atoms with van der Waals surface area (Å²) >= 11 is 13.1. The molecule has 1 heterocycles. The van der Waals surface area contributed by atoms with Crippen LogP contribution in [0.4, 0.5) is 0 Å². The number of para-hydroxylation sites is 1. The molecule has 3 nitrogen and oxygen atoms in total. The van der Waals surface area contributed by atoms with Gasteiger partial charge in [-0.15, -0.1) is 11.6 Å². The number of hydrogen-bond acceptors (Lipinski definition) is 2. The fraction of sp³-hybridized carbons (Fsp3) is 0.0667. The molecule has 0 unspecified atom stereocenters. The lowest BCUT2D eigenvalue weighted by molar-refractivity contribution is 0.976. The largest absolute Gasteiger partial charge is 0.294 e. The second-order valence-corrected chi connectivity index (χ2v) is 6.42. The summed E-state index contributed by atoms with van der Waals surface area (Å²) in [5, 5.41) is 9.23. The zero-order valence-corrected chi connectivity index (χ0v) is 14.6. The minimum Gasteiger partial charge on any atom is -0.294 e. The number of rotatable bonds is 2. The van der Waals surface area contributed by atoms with E-state index in [9.17, 15) is 5.26 Å². The second-order valence-electron chi connectivity index (χ2n) is 4.38. The van der Waals surface area contributed by atoms with Crippen molar-refractivity contribution in [3.8, 4) is 11.8 Å².